The Balaban J connectivity index is 2.04. The maximum atomic E-state index is 15.1. The molecule has 2 aromatic carbocycles. The summed E-state index contributed by atoms with van der Waals surface area (Å²) in [6.45, 7) is -0.0479. The second-order valence-electron chi connectivity index (χ2n) is 6.07. The van der Waals surface area contributed by atoms with E-state index < -0.39 is 22.8 Å². The largest absolute Gasteiger partial charge is 0.494 e. The number of oxime groups is 1. The average molecular weight is 400 g/mol. The summed E-state index contributed by atoms with van der Waals surface area (Å²) >= 11 is 0. The number of hydrogen-bond acceptors (Lipinski definition) is 7. The number of carboxylic acids is 1. The maximum absolute atomic E-state index is 15.1. The van der Waals surface area contributed by atoms with Crippen molar-refractivity contribution < 1.29 is 33.7 Å². The van der Waals surface area contributed by atoms with Crippen LogP contribution in [-0.4, -0.2) is 41.4 Å². The molecule has 1 aliphatic heterocycles. The highest BCUT2D eigenvalue weighted by atomic mass is 19.1. The number of rotatable bonds is 4. The summed E-state index contributed by atoms with van der Waals surface area (Å²) < 4.78 is 31.1. The molecule has 0 saturated heterocycles. The summed E-state index contributed by atoms with van der Waals surface area (Å²) in [5, 5.41) is 20.8. The van der Waals surface area contributed by atoms with Gasteiger partial charge in [0.25, 0.3) is 0 Å². The molecule has 0 spiro atoms. The number of ether oxygens (including phenoxy) is 3. The van der Waals surface area contributed by atoms with Gasteiger partial charge in [-0.25, -0.2) is 9.18 Å². The molecule has 3 aromatic rings. The molecule has 0 atom stereocenters. The van der Waals surface area contributed by atoms with Crippen LogP contribution in [0.3, 0.4) is 0 Å². The van der Waals surface area contributed by atoms with Crippen LogP contribution < -0.4 is 19.6 Å². The van der Waals surface area contributed by atoms with Crippen molar-refractivity contribution in [2.45, 2.75) is 0 Å². The highest BCUT2D eigenvalue weighted by Gasteiger charge is 2.25. The van der Waals surface area contributed by atoms with Crippen molar-refractivity contribution in [3.8, 4) is 28.4 Å². The number of fused-ring (bicyclic) bond motifs is 2. The number of pyridine rings is 1. The molecule has 0 aliphatic carbocycles. The van der Waals surface area contributed by atoms with Crippen molar-refractivity contribution in [2.24, 2.45) is 5.16 Å². The van der Waals surface area contributed by atoms with Crippen LogP contribution in [-0.2, 0) is 0 Å². The third-order valence-electron chi connectivity index (χ3n) is 4.50. The second kappa shape index (κ2) is 6.82. The predicted molar refractivity (Wildman–Crippen MR) is 99.0 cm³/mol. The monoisotopic (exact) mass is 400 g/mol. The first-order chi connectivity index (χ1) is 14.0. The number of nitrogens with one attached hydrogen (secondary N) is 1. The van der Waals surface area contributed by atoms with E-state index in [-0.39, 0.29) is 29.0 Å². The van der Waals surface area contributed by atoms with Crippen molar-refractivity contribution in [3.63, 3.8) is 0 Å². The van der Waals surface area contributed by atoms with E-state index in [0.717, 1.165) is 18.5 Å². The Morgan fingerprint density at radius 1 is 1.34 bits per heavy atom. The van der Waals surface area contributed by atoms with Gasteiger partial charge in [-0.05, 0) is 23.8 Å². The minimum Gasteiger partial charge on any atom is -0.494 e. The molecule has 2 heterocycles. The molecule has 0 unspecified atom stereocenters. The van der Waals surface area contributed by atoms with Crippen LogP contribution in [0.1, 0.15) is 15.9 Å². The lowest BCUT2D eigenvalue weighted by Crippen LogP contribution is -2.16. The predicted octanol–water partition coefficient (Wildman–Crippen LogP) is 2.58. The van der Waals surface area contributed by atoms with Crippen LogP contribution in [0.25, 0.3) is 22.0 Å². The third-order valence-corrected chi connectivity index (χ3v) is 4.50. The van der Waals surface area contributed by atoms with E-state index in [1.165, 1.54) is 19.2 Å². The van der Waals surface area contributed by atoms with Gasteiger partial charge in [-0.3, -0.25) is 4.79 Å². The number of aromatic carboxylic acids is 1. The molecule has 29 heavy (non-hydrogen) atoms. The molecule has 1 aromatic heterocycles. The number of carbonyl (C=O) groups is 1. The number of carboxylic acid groups (broad SMARTS) is 1. The number of methoxy groups -OCH3 is 1. The van der Waals surface area contributed by atoms with E-state index in [1.54, 1.807) is 0 Å². The van der Waals surface area contributed by atoms with Crippen molar-refractivity contribution >= 4 is 23.1 Å². The minimum absolute atomic E-state index is 0.000193. The summed E-state index contributed by atoms with van der Waals surface area (Å²) in [5.41, 5.74) is -0.569. The molecule has 0 radical (unpaired) electrons. The molecule has 0 saturated carbocycles. The van der Waals surface area contributed by atoms with E-state index in [1.807, 2.05) is 0 Å². The standard InChI is InChI=1S/C19H13FN2O7/c1-27-18-14(8-2-9(5-22-26)17-13(3-8)28-7-29-17)12(20)4-10-15(18)21-6-11(16(10)23)19(24)25/h2-6,26H,7H2,1H3,(H,21,23)(H,24,25)/b22-5+. The molecule has 0 bridgehead atoms. The molecule has 0 amide bonds. The molecule has 3 N–H and O–H groups in total. The Morgan fingerprint density at radius 2 is 2.14 bits per heavy atom. The van der Waals surface area contributed by atoms with Crippen LogP contribution in [0, 0.1) is 5.82 Å². The Bertz CT molecular complexity index is 1250. The zero-order valence-corrected chi connectivity index (χ0v) is 14.9. The van der Waals surface area contributed by atoms with Crippen LogP contribution in [0.2, 0.25) is 0 Å². The second-order valence-corrected chi connectivity index (χ2v) is 6.07. The molecule has 9 nitrogen and oxygen atoms in total. The van der Waals surface area contributed by atoms with Crippen LogP contribution in [0.15, 0.2) is 34.3 Å². The lowest BCUT2D eigenvalue weighted by molar-refractivity contribution is 0.0695. The normalized spacial score (nSPS) is 12.6. The highest BCUT2D eigenvalue weighted by Crippen LogP contribution is 2.43. The molecule has 0 fully saturated rings. The minimum atomic E-state index is -1.43. The fourth-order valence-electron chi connectivity index (χ4n) is 3.28. The van der Waals surface area contributed by atoms with Crippen molar-refractivity contribution in [1.82, 2.24) is 4.98 Å². The van der Waals surface area contributed by atoms with Crippen LogP contribution in [0.4, 0.5) is 4.39 Å². The summed E-state index contributed by atoms with van der Waals surface area (Å²) in [7, 11) is 1.30. The topological polar surface area (TPSA) is 130 Å². The molecular weight excluding hydrogens is 387 g/mol. The van der Waals surface area contributed by atoms with Gasteiger partial charge in [0.15, 0.2) is 17.2 Å². The molecule has 1 aliphatic rings. The zero-order chi connectivity index (χ0) is 20.7. The number of hydrogen-bond donors (Lipinski definition) is 3. The van der Waals surface area contributed by atoms with Gasteiger partial charge in [-0.1, -0.05) is 5.16 Å². The van der Waals surface area contributed by atoms with Crippen molar-refractivity contribution in [3.05, 3.63) is 51.6 Å². The lowest BCUT2D eigenvalue weighted by Gasteiger charge is -2.14. The number of benzene rings is 2. The Kier molecular flexibility index (Phi) is 4.30. The summed E-state index contributed by atoms with van der Waals surface area (Å²) in [6.07, 6.45) is 2.14. The quantitative estimate of drug-likeness (QED) is 0.349. The van der Waals surface area contributed by atoms with Gasteiger partial charge < -0.3 is 29.5 Å². The van der Waals surface area contributed by atoms with Crippen LogP contribution in [0.5, 0.6) is 17.2 Å². The van der Waals surface area contributed by atoms with Crippen LogP contribution >= 0.6 is 0 Å². The first-order valence-corrected chi connectivity index (χ1v) is 8.23. The molecular formula is C19H13FN2O7. The zero-order valence-electron chi connectivity index (χ0n) is 14.9. The van der Waals surface area contributed by atoms with Crippen molar-refractivity contribution in [2.75, 3.05) is 13.9 Å². The maximum Gasteiger partial charge on any atom is 0.341 e. The Morgan fingerprint density at radius 3 is 2.83 bits per heavy atom. The van der Waals surface area contributed by atoms with E-state index >= 15 is 4.39 Å². The number of aromatic nitrogens is 1. The number of nitrogens with zero attached hydrogens (tertiary/aromatic N) is 1. The van der Waals surface area contributed by atoms with Gasteiger partial charge in [-0.2, -0.15) is 0 Å². The lowest BCUT2D eigenvalue weighted by atomic mass is 9.98. The number of H-pyrrole nitrogens is 1. The van der Waals surface area contributed by atoms with E-state index in [4.69, 9.17) is 24.5 Å². The number of halogens is 1. The third kappa shape index (κ3) is 2.81. The van der Waals surface area contributed by atoms with E-state index in [9.17, 15) is 9.59 Å². The van der Waals surface area contributed by atoms with Gasteiger partial charge in [0, 0.05) is 11.8 Å². The number of aromatic amines is 1. The smallest absolute Gasteiger partial charge is 0.341 e. The molecule has 10 heteroatoms. The Hall–Kier alpha value is -4.08. The van der Waals surface area contributed by atoms with Gasteiger partial charge in [0.1, 0.15) is 11.4 Å². The van der Waals surface area contributed by atoms with Gasteiger partial charge in [-0.15, -0.1) is 0 Å². The summed E-state index contributed by atoms with van der Waals surface area (Å²) in [4.78, 5) is 26.3. The van der Waals surface area contributed by atoms with E-state index in [0.29, 0.717) is 22.6 Å². The van der Waals surface area contributed by atoms with E-state index in [2.05, 4.69) is 10.1 Å². The SMILES string of the molecule is COc1c(-c2cc(/C=N/O)c3c(c2)OCO3)c(F)cc2c(=O)c(C(=O)O)c[nH]c12. The van der Waals surface area contributed by atoms with Crippen molar-refractivity contribution in [1.29, 1.82) is 0 Å². The average Bonchev–Trinajstić information content (AvgIpc) is 3.16. The first-order valence-electron chi connectivity index (χ1n) is 8.23. The fraction of sp³-hybridized carbons (Fsp3) is 0.105. The molecule has 4 rings (SSSR count). The summed E-state index contributed by atoms with van der Waals surface area (Å²) in [6, 6.07) is 3.97. The highest BCUT2D eigenvalue weighted by molar-refractivity contribution is 5.98. The fourth-order valence-corrected chi connectivity index (χ4v) is 3.28. The van der Waals surface area contributed by atoms with Gasteiger partial charge in [0.05, 0.1) is 29.8 Å². The molecule has 148 valence electrons. The Labute approximate surface area is 161 Å². The van der Waals surface area contributed by atoms with Gasteiger partial charge in [0.2, 0.25) is 12.2 Å². The first kappa shape index (κ1) is 18.3. The van der Waals surface area contributed by atoms with Gasteiger partial charge >= 0.3 is 5.97 Å². The summed E-state index contributed by atoms with van der Waals surface area (Å²) in [5.74, 6) is -1.59.